The topological polar surface area (TPSA) is 110 Å². The monoisotopic (exact) mass is 399 g/mol. The lowest BCUT2D eigenvalue weighted by molar-refractivity contribution is -0.156. The van der Waals surface area contributed by atoms with Crippen LogP contribution in [0.3, 0.4) is 0 Å². The van der Waals surface area contributed by atoms with Crippen LogP contribution in [0.5, 0.6) is 0 Å². The fraction of sp³-hybridized carbons (Fsp3) is 0.467. The zero-order chi connectivity index (χ0) is 20.5. The molecule has 0 radical (unpaired) electrons. The third-order valence-electron chi connectivity index (χ3n) is 5.23. The second-order valence-corrected chi connectivity index (χ2v) is 6.48. The normalized spacial score (nSPS) is 34.4. The smallest absolute Gasteiger partial charge is 0.342 e. The average molecular weight is 399 g/mol. The van der Waals surface area contributed by atoms with Gasteiger partial charge in [0.05, 0.1) is 18.3 Å². The van der Waals surface area contributed by atoms with E-state index in [4.69, 9.17) is 15.6 Å². The number of carbonyl (C=O) groups is 2. The van der Waals surface area contributed by atoms with Gasteiger partial charge < -0.3 is 20.7 Å². The SMILES string of the molecule is N[C@]1(C(=O)O)[C@H]2[C@@H](C[C@H]1OCc1c(F)c(F)c(F)c(F)c1F)[C@]2(F)C(=O)O. The van der Waals surface area contributed by atoms with Crippen molar-refractivity contribution in [1.82, 2.24) is 0 Å². The molecule has 0 saturated heterocycles. The summed E-state index contributed by atoms with van der Waals surface area (Å²) in [6.45, 7) is -1.24. The van der Waals surface area contributed by atoms with Gasteiger partial charge in [0.2, 0.25) is 11.5 Å². The Morgan fingerprint density at radius 1 is 1.00 bits per heavy atom. The molecular formula is C15H11F6NO5. The van der Waals surface area contributed by atoms with Crippen molar-refractivity contribution in [3.8, 4) is 0 Å². The Balaban J connectivity index is 1.87. The Labute approximate surface area is 146 Å². The maximum absolute atomic E-state index is 14.3. The maximum Gasteiger partial charge on any atom is 0.342 e. The van der Waals surface area contributed by atoms with E-state index in [-0.39, 0.29) is 0 Å². The Hall–Kier alpha value is -2.34. The van der Waals surface area contributed by atoms with Crippen LogP contribution in [0.15, 0.2) is 0 Å². The molecule has 1 aromatic rings. The summed E-state index contributed by atoms with van der Waals surface area (Å²) in [5, 5.41) is 18.2. The highest BCUT2D eigenvalue weighted by Crippen LogP contribution is 2.67. The van der Waals surface area contributed by atoms with Crippen LogP contribution in [-0.4, -0.2) is 39.5 Å². The fourth-order valence-corrected chi connectivity index (χ4v) is 3.77. The largest absolute Gasteiger partial charge is 0.480 e. The lowest BCUT2D eigenvalue weighted by Crippen LogP contribution is -2.60. The molecular weight excluding hydrogens is 388 g/mol. The fourth-order valence-electron chi connectivity index (χ4n) is 3.77. The van der Waals surface area contributed by atoms with Gasteiger partial charge in [0.15, 0.2) is 23.3 Å². The van der Waals surface area contributed by atoms with E-state index < -0.39 is 88.8 Å². The van der Waals surface area contributed by atoms with Crippen LogP contribution in [0, 0.1) is 40.9 Å². The Bertz CT molecular complexity index is 837. The molecule has 5 atom stereocenters. The molecule has 0 unspecified atom stereocenters. The van der Waals surface area contributed by atoms with Gasteiger partial charge >= 0.3 is 11.9 Å². The van der Waals surface area contributed by atoms with Crippen molar-refractivity contribution in [3.05, 3.63) is 34.6 Å². The average Bonchev–Trinajstić information content (AvgIpc) is 3.08. The summed E-state index contributed by atoms with van der Waals surface area (Å²) in [6.07, 6.45) is -2.13. The summed E-state index contributed by atoms with van der Waals surface area (Å²) in [4.78, 5) is 22.5. The molecule has 12 heteroatoms. The molecule has 148 valence electrons. The molecule has 0 amide bonds. The van der Waals surface area contributed by atoms with Crippen LogP contribution in [0.1, 0.15) is 12.0 Å². The highest BCUT2D eigenvalue weighted by atomic mass is 19.2. The molecule has 0 aliphatic heterocycles. The molecule has 3 rings (SSSR count). The molecule has 0 heterocycles. The number of hydrogen-bond acceptors (Lipinski definition) is 4. The number of nitrogens with two attached hydrogens (primary N) is 1. The second-order valence-electron chi connectivity index (χ2n) is 6.48. The van der Waals surface area contributed by atoms with Crippen molar-refractivity contribution < 1.29 is 50.9 Å². The molecule has 2 aliphatic carbocycles. The van der Waals surface area contributed by atoms with E-state index >= 15 is 0 Å². The van der Waals surface area contributed by atoms with Gasteiger partial charge in [-0.1, -0.05) is 0 Å². The molecule has 2 aliphatic rings. The highest BCUT2D eigenvalue weighted by Gasteiger charge is 2.85. The summed E-state index contributed by atoms with van der Waals surface area (Å²) in [7, 11) is 0. The molecule has 0 aromatic heterocycles. The van der Waals surface area contributed by atoms with Gasteiger partial charge in [-0.05, 0) is 6.42 Å². The van der Waals surface area contributed by atoms with Crippen LogP contribution in [0.4, 0.5) is 26.3 Å². The quantitative estimate of drug-likeness (QED) is 0.393. The van der Waals surface area contributed by atoms with Crippen LogP contribution < -0.4 is 5.73 Å². The van der Waals surface area contributed by atoms with Gasteiger partial charge in [0.1, 0.15) is 5.54 Å². The number of benzene rings is 1. The summed E-state index contributed by atoms with van der Waals surface area (Å²) in [6, 6.07) is 0. The number of carboxylic acids is 2. The summed E-state index contributed by atoms with van der Waals surface area (Å²) < 4.78 is 86.0. The molecule has 2 fully saturated rings. The zero-order valence-corrected chi connectivity index (χ0v) is 13.1. The number of halogens is 6. The predicted octanol–water partition coefficient (Wildman–Crippen LogP) is 1.49. The van der Waals surface area contributed by atoms with E-state index in [1.54, 1.807) is 0 Å². The minimum Gasteiger partial charge on any atom is -0.480 e. The Morgan fingerprint density at radius 3 is 1.93 bits per heavy atom. The van der Waals surface area contributed by atoms with Gasteiger partial charge in [-0.25, -0.2) is 31.1 Å². The third kappa shape index (κ3) is 2.35. The van der Waals surface area contributed by atoms with Crippen LogP contribution in [-0.2, 0) is 20.9 Å². The number of rotatable bonds is 5. The Kier molecular flexibility index (Phi) is 4.19. The van der Waals surface area contributed by atoms with Gasteiger partial charge in [-0.15, -0.1) is 0 Å². The number of hydrogen-bond donors (Lipinski definition) is 3. The first-order chi connectivity index (χ1) is 12.4. The number of alkyl halides is 1. The predicted molar refractivity (Wildman–Crippen MR) is 72.4 cm³/mol. The van der Waals surface area contributed by atoms with E-state index in [2.05, 4.69) is 0 Å². The standard InChI is InChI=1S/C15H11F6NO5/c16-6-3(7(17)9(19)10(20)8(6)18)2-27-5-1-4-11(14(4,21)12(23)24)15(5,22)13(25)26/h4-5,11H,1-2,22H2,(H,23,24)(H,25,26)/t4-,5-,11+,14-,15+/m1/s1. The summed E-state index contributed by atoms with van der Waals surface area (Å²) >= 11 is 0. The van der Waals surface area contributed by atoms with E-state index in [9.17, 15) is 41.0 Å². The second kappa shape index (κ2) is 5.83. The number of aliphatic carboxylic acids is 2. The molecule has 27 heavy (non-hydrogen) atoms. The van der Waals surface area contributed by atoms with Crippen LogP contribution in [0.2, 0.25) is 0 Å². The molecule has 6 nitrogen and oxygen atoms in total. The zero-order valence-electron chi connectivity index (χ0n) is 13.1. The van der Waals surface area contributed by atoms with Crippen LogP contribution in [0.25, 0.3) is 0 Å². The summed E-state index contributed by atoms with van der Waals surface area (Å²) in [5.74, 6) is -17.9. The number of carboxylic acid groups (broad SMARTS) is 2. The van der Waals surface area contributed by atoms with Crippen molar-refractivity contribution in [2.45, 2.75) is 30.3 Å². The molecule has 2 saturated carbocycles. The van der Waals surface area contributed by atoms with E-state index in [1.807, 2.05) is 0 Å². The lowest BCUT2D eigenvalue weighted by Gasteiger charge is -2.31. The van der Waals surface area contributed by atoms with E-state index in [1.165, 1.54) is 0 Å². The third-order valence-corrected chi connectivity index (χ3v) is 5.23. The maximum atomic E-state index is 14.3. The summed E-state index contributed by atoms with van der Waals surface area (Å²) in [5.41, 5.74) is -1.16. The van der Waals surface area contributed by atoms with E-state index in [0.717, 1.165) is 0 Å². The highest BCUT2D eigenvalue weighted by molar-refractivity contribution is 5.90. The van der Waals surface area contributed by atoms with Gasteiger partial charge in [0.25, 0.3) is 0 Å². The van der Waals surface area contributed by atoms with Crippen molar-refractivity contribution in [2.24, 2.45) is 17.6 Å². The lowest BCUT2D eigenvalue weighted by atomic mass is 9.88. The Morgan fingerprint density at radius 2 is 1.48 bits per heavy atom. The van der Waals surface area contributed by atoms with Crippen molar-refractivity contribution in [2.75, 3.05) is 0 Å². The molecule has 1 aromatic carbocycles. The first-order valence-electron chi connectivity index (χ1n) is 7.46. The minimum absolute atomic E-state index is 0.522. The van der Waals surface area contributed by atoms with Crippen molar-refractivity contribution >= 4 is 11.9 Å². The molecule has 0 spiro atoms. The number of ether oxygens (including phenoxy) is 1. The van der Waals surface area contributed by atoms with E-state index in [0.29, 0.717) is 0 Å². The first-order valence-corrected chi connectivity index (χ1v) is 7.46. The van der Waals surface area contributed by atoms with Crippen molar-refractivity contribution in [1.29, 1.82) is 0 Å². The van der Waals surface area contributed by atoms with Gasteiger partial charge in [-0.3, -0.25) is 4.79 Å². The number of fused-ring (bicyclic) bond motifs is 1. The molecule has 0 bridgehead atoms. The van der Waals surface area contributed by atoms with Gasteiger partial charge in [0, 0.05) is 11.8 Å². The van der Waals surface area contributed by atoms with Gasteiger partial charge in [-0.2, -0.15) is 0 Å². The first kappa shape index (κ1) is 19.4. The van der Waals surface area contributed by atoms with Crippen LogP contribution >= 0.6 is 0 Å². The van der Waals surface area contributed by atoms with Crippen molar-refractivity contribution in [3.63, 3.8) is 0 Å². The minimum atomic E-state index is -2.89. The molecule has 4 N–H and O–H groups in total.